The Morgan fingerprint density at radius 3 is 2.46 bits per heavy atom. The molecule has 2 aromatic heterocycles. The SMILES string of the molecule is CCc1nc2c(C)cc(C)nc2n1Cc1ccc(N[C@H]2CC[C@H](C(=O)N3CCNCC3)CC2)cc1. The van der Waals surface area contributed by atoms with Crippen molar-refractivity contribution >= 4 is 22.8 Å². The number of aromatic nitrogens is 3. The maximum Gasteiger partial charge on any atom is 0.225 e. The summed E-state index contributed by atoms with van der Waals surface area (Å²) >= 11 is 0. The molecule has 2 aliphatic rings. The monoisotopic (exact) mass is 474 g/mol. The van der Waals surface area contributed by atoms with Crippen molar-refractivity contribution < 1.29 is 4.79 Å². The van der Waals surface area contributed by atoms with Gasteiger partial charge in [-0.25, -0.2) is 9.97 Å². The number of fused-ring (bicyclic) bond motifs is 1. The van der Waals surface area contributed by atoms with Gasteiger partial charge in [0.1, 0.15) is 11.3 Å². The summed E-state index contributed by atoms with van der Waals surface area (Å²) in [5.41, 5.74) is 6.61. The van der Waals surface area contributed by atoms with Crippen LogP contribution in [0.1, 0.15) is 55.3 Å². The van der Waals surface area contributed by atoms with Crippen LogP contribution in [-0.4, -0.2) is 57.6 Å². The largest absolute Gasteiger partial charge is 0.382 e. The molecule has 1 saturated heterocycles. The van der Waals surface area contributed by atoms with Crippen LogP contribution in [-0.2, 0) is 17.8 Å². The van der Waals surface area contributed by atoms with E-state index in [0.717, 1.165) is 93.2 Å². The van der Waals surface area contributed by atoms with Crippen molar-refractivity contribution in [3.05, 3.63) is 53.0 Å². The number of hydrogen-bond donors (Lipinski definition) is 2. The molecule has 1 aromatic carbocycles. The van der Waals surface area contributed by atoms with Crippen molar-refractivity contribution in [1.29, 1.82) is 0 Å². The van der Waals surface area contributed by atoms with Gasteiger partial charge < -0.3 is 20.1 Å². The van der Waals surface area contributed by atoms with Crippen molar-refractivity contribution in [1.82, 2.24) is 24.8 Å². The van der Waals surface area contributed by atoms with E-state index in [2.05, 4.69) is 64.3 Å². The first kappa shape index (κ1) is 23.8. The molecular formula is C28H38N6O. The van der Waals surface area contributed by atoms with Crippen molar-refractivity contribution in [3.63, 3.8) is 0 Å². The van der Waals surface area contributed by atoms with Crippen LogP contribution in [0.3, 0.4) is 0 Å². The number of amides is 1. The Morgan fingerprint density at radius 2 is 1.77 bits per heavy atom. The first-order chi connectivity index (χ1) is 17.0. The summed E-state index contributed by atoms with van der Waals surface area (Å²) in [6.45, 7) is 10.6. The highest BCUT2D eigenvalue weighted by Gasteiger charge is 2.30. The summed E-state index contributed by atoms with van der Waals surface area (Å²) in [5, 5.41) is 7.04. The molecule has 5 rings (SSSR count). The number of anilines is 1. The molecule has 1 aliphatic heterocycles. The Labute approximate surface area is 208 Å². The lowest BCUT2D eigenvalue weighted by molar-refractivity contribution is -0.137. The molecule has 1 amide bonds. The molecule has 2 N–H and O–H groups in total. The second kappa shape index (κ2) is 10.4. The number of pyridine rings is 1. The van der Waals surface area contributed by atoms with Gasteiger partial charge in [0.25, 0.3) is 0 Å². The van der Waals surface area contributed by atoms with E-state index in [1.807, 2.05) is 6.92 Å². The average Bonchev–Trinajstić information content (AvgIpc) is 3.23. The maximum atomic E-state index is 12.8. The highest BCUT2D eigenvalue weighted by Crippen LogP contribution is 2.29. The van der Waals surface area contributed by atoms with Crippen LogP contribution in [0.4, 0.5) is 5.69 Å². The number of piperazine rings is 1. The number of carbonyl (C=O) groups is 1. The van der Waals surface area contributed by atoms with Gasteiger partial charge in [0.2, 0.25) is 5.91 Å². The number of hydrogen-bond acceptors (Lipinski definition) is 5. The van der Waals surface area contributed by atoms with Crippen LogP contribution in [0, 0.1) is 19.8 Å². The highest BCUT2D eigenvalue weighted by atomic mass is 16.2. The molecule has 0 bridgehead atoms. The van der Waals surface area contributed by atoms with E-state index < -0.39 is 0 Å². The highest BCUT2D eigenvalue weighted by molar-refractivity contribution is 5.79. The average molecular weight is 475 g/mol. The van der Waals surface area contributed by atoms with E-state index >= 15 is 0 Å². The number of aryl methyl sites for hydroxylation is 3. The zero-order valence-corrected chi connectivity index (χ0v) is 21.3. The Balaban J connectivity index is 1.19. The third-order valence-electron chi connectivity index (χ3n) is 7.59. The van der Waals surface area contributed by atoms with Gasteiger partial charge in [-0.15, -0.1) is 0 Å². The molecule has 0 spiro atoms. The number of nitrogens with one attached hydrogen (secondary N) is 2. The van der Waals surface area contributed by atoms with Crippen LogP contribution in [0.2, 0.25) is 0 Å². The zero-order chi connectivity index (χ0) is 24.4. The molecule has 7 heteroatoms. The van der Waals surface area contributed by atoms with Crippen LogP contribution in [0.25, 0.3) is 11.2 Å². The number of benzene rings is 1. The summed E-state index contributed by atoms with van der Waals surface area (Å²) < 4.78 is 2.26. The molecule has 0 unspecified atom stereocenters. The van der Waals surface area contributed by atoms with Gasteiger partial charge in [-0.2, -0.15) is 0 Å². The second-order valence-electron chi connectivity index (χ2n) is 10.2. The molecule has 0 atom stereocenters. The van der Waals surface area contributed by atoms with Gasteiger partial charge in [-0.3, -0.25) is 4.79 Å². The molecule has 1 aliphatic carbocycles. The minimum atomic E-state index is 0.201. The lowest BCUT2D eigenvalue weighted by Crippen LogP contribution is -2.49. The summed E-state index contributed by atoms with van der Waals surface area (Å²) in [6, 6.07) is 11.3. The molecule has 3 aromatic rings. The molecule has 0 radical (unpaired) electrons. The van der Waals surface area contributed by atoms with Crippen molar-refractivity contribution in [2.24, 2.45) is 5.92 Å². The van der Waals surface area contributed by atoms with Gasteiger partial charge in [0.15, 0.2) is 5.65 Å². The molecule has 1 saturated carbocycles. The Bertz CT molecular complexity index is 1170. The maximum absolute atomic E-state index is 12.8. The normalized spacial score (nSPS) is 20.8. The number of nitrogens with zero attached hydrogens (tertiary/aromatic N) is 4. The smallest absolute Gasteiger partial charge is 0.225 e. The fraction of sp³-hybridized carbons (Fsp3) is 0.536. The molecule has 35 heavy (non-hydrogen) atoms. The molecule has 3 heterocycles. The fourth-order valence-corrected chi connectivity index (χ4v) is 5.64. The molecule has 7 nitrogen and oxygen atoms in total. The van der Waals surface area contributed by atoms with Crippen LogP contribution in [0.15, 0.2) is 30.3 Å². The summed E-state index contributed by atoms with van der Waals surface area (Å²) in [7, 11) is 0. The first-order valence-corrected chi connectivity index (χ1v) is 13.2. The van der Waals surface area contributed by atoms with Gasteiger partial charge in [-0.1, -0.05) is 19.1 Å². The van der Waals surface area contributed by atoms with E-state index in [0.29, 0.717) is 11.9 Å². The quantitative estimate of drug-likeness (QED) is 0.564. The molecule has 186 valence electrons. The van der Waals surface area contributed by atoms with E-state index in [9.17, 15) is 4.79 Å². The Kier molecular flexibility index (Phi) is 7.04. The van der Waals surface area contributed by atoms with Gasteiger partial charge in [0.05, 0.1) is 6.54 Å². The topological polar surface area (TPSA) is 75.1 Å². The number of imidazole rings is 1. The lowest BCUT2D eigenvalue weighted by atomic mass is 9.85. The van der Waals surface area contributed by atoms with Crippen LogP contribution in [0.5, 0.6) is 0 Å². The second-order valence-corrected chi connectivity index (χ2v) is 10.2. The molecular weight excluding hydrogens is 436 g/mol. The third kappa shape index (κ3) is 5.20. The van der Waals surface area contributed by atoms with Crippen molar-refractivity contribution in [2.45, 2.75) is 65.5 Å². The summed E-state index contributed by atoms with van der Waals surface area (Å²) in [6.07, 6.45) is 4.95. The van der Waals surface area contributed by atoms with E-state index in [1.165, 1.54) is 11.1 Å². The van der Waals surface area contributed by atoms with E-state index in [-0.39, 0.29) is 5.92 Å². The van der Waals surface area contributed by atoms with Gasteiger partial charge >= 0.3 is 0 Å². The van der Waals surface area contributed by atoms with E-state index in [4.69, 9.17) is 9.97 Å². The lowest BCUT2D eigenvalue weighted by Gasteiger charge is -2.34. The zero-order valence-electron chi connectivity index (χ0n) is 21.3. The van der Waals surface area contributed by atoms with Crippen LogP contribution < -0.4 is 10.6 Å². The van der Waals surface area contributed by atoms with Crippen LogP contribution >= 0.6 is 0 Å². The summed E-state index contributed by atoms with van der Waals surface area (Å²) in [5.74, 6) is 1.65. The standard InChI is InChI=1S/C28H38N6O/c1-4-25-32-26-19(2)17-20(3)30-27(26)34(25)18-21-5-9-23(10-6-21)31-24-11-7-22(8-12-24)28(35)33-15-13-29-14-16-33/h5-6,9-10,17,22,24,29,31H,4,7-8,11-16,18H2,1-3H3/t22-,24-. The fourth-order valence-electron chi connectivity index (χ4n) is 5.64. The minimum Gasteiger partial charge on any atom is -0.382 e. The Morgan fingerprint density at radius 1 is 1.06 bits per heavy atom. The predicted molar refractivity (Wildman–Crippen MR) is 141 cm³/mol. The minimum absolute atomic E-state index is 0.201. The Hall–Kier alpha value is -2.93. The third-order valence-corrected chi connectivity index (χ3v) is 7.59. The van der Waals surface area contributed by atoms with Gasteiger partial charge in [-0.05, 0) is 68.9 Å². The molecule has 2 fully saturated rings. The van der Waals surface area contributed by atoms with Crippen molar-refractivity contribution in [2.75, 3.05) is 31.5 Å². The summed E-state index contributed by atoms with van der Waals surface area (Å²) in [4.78, 5) is 24.5. The number of rotatable bonds is 6. The predicted octanol–water partition coefficient (Wildman–Crippen LogP) is 4.06. The van der Waals surface area contributed by atoms with E-state index in [1.54, 1.807) is 0 Å². The van der Waals surface area contributed by atoms with Gasteiger partial charge in [0, 0.05) is 55.9 Å². The van der Waals surface area contributed by atoms with Crippen molar-refractivity contribution in [3.8, 4) is 0 Å². The number of carbonyl (C=O) groups excluding carboxylic acids is 1. The first-order valence-electron chi connectivity index (χ1n) is 13.2.